The van der Waals surface area contributed by atoms with Gasteiger partial charge in [-0.1, -0.05) is 24.3 Å². The van der Waals surface area contributed by atoms with Gasteiger partial charge in [-0.15, -0.1) is 0 Å². The molecule has 0 saturated carbocycles. The van der Waals surface area contributed by atoms with E-state index in [2.05, 4.69) is 38.1 Å². The fourth-order valence-corrected chi connectivity index (χ4v) is 3.13. The highest BCUT2D eigenvalue weighted by Crippen LogP contribution is 2.47. The van der Waals surface area contributed by atoms with Gasteiger partial charge in [0.05, 0.1) is 0 Å². The van der Waals surface area contributed by atoms with Crippen LogP contribution >= 0.6 is 0 Å². The molecule has 88 valence electrons. The fraction of sp³-hybridized carbons (Fsp3) is 0.571. The van der Waals surface area contributed by atoms with Gasteiger partial charge in [0.15, 0.2) is 0 Å². The van der Waals surface area contributed by atoms with E-state index in [0.717, 1.165) is 19.3 Å². The van der Waals surface area contributed by atoms with Gasteiger partial charge in [0.25, 0.3) is 0 Å². The van der Waals surface area contributed by atoms with E-state index in [1.54, 1.807) is 0 Å². The first-order valence-corrected chi connectivity index (χ1v) is 5.99. The smallest absolute Gasteiger partial charge is 0.0440 e. The number of benzene rings is 1. The highest BCUT2D eigenvalue weighted by atomic mass is 16.3. The van der Waals surface area contributed by atoms with Crippen molar-refractivity contribution >= 4 is 0 Å². The molecule has 0 fully saturated rings. The lowest BCUT2D eigenvalue weighted by Gasteiger charge is -2.42. The number of nitrogens with two attached hydrogens (primary N) is 1. The maximum absolute atomic E-state index is 9.33. The number of rotatable bonds is 3. The van der Waals surface area contributed by atoms with Gasteiger partial charge in [-0.2, -0.15) is 0 Å². The van der Waals surface area contributed by atoms with Gasteiger partial charge in [-0.05, 0) is 44.2 Å². The lowest BCUT2D eigenvalue weighted by Crippen LogP contribution is -2.53. The Balaban J connectivity index is 2.51. The number of hydrogen-bond donors (Lipinski definition) is 2. The van der Waals surface area contributed by atoms with Gasteiger partial charge < -0.3 is 10.8 Å². The molecule has 0 aliphatic heterocycles. The van der Waals surface area contributed by atoms with Crippen molar-refractivity contribution < 1.29 is 5.11 Å². The summed E-state index contributed by atoms with van der Waals surface area (Å²) in [4.78, 5) is 0. The monoisotopic (exact) mass is 219 g/mol. The third kappa shape index (κ3) is 1.57. The number of aliphatic hydroxyl groups excluding tert-OH is 1. The molecule has 16 heavy (non-hydrogen) atoms. The molecule has 0 spiro atoms. The molecule has 1 aliphatic carbocycles. The van der Waals surface area contributed by atoms with Crippen LogP contribution in [-0.4, -0.2) is 17.3 Å². The van der Waals surface area contributed by atoms with E-state index in [1.165, 1.54) is 11.1 Å². The summed E-state index contributed by atoms with van der Waals surface area (Å²) in [6.45, 7) is 4.35. The molecule has 0 saturated heterocycles. The van der Waals surface area contributed by atoms with E-state index >= 15 is 0 Å². The van der Waals surface area contributed by atoms with Crippen LogP contribution in [0.2, 0.25) is 0 Å². The standard InChI is InChI=1S/C14H21NO/c1-13(2,15)14(9-10-16)8-7-11-5-3-4-6-12(11)14/h3-6,16H,7-10,15H2,1-2H3. The van der Waals surface area contributed by atoms with Crippen molar-refractivity contribution in [1.82, 2.24) is 0 Å². The Hall–Kier alpha value is -0.860. The minimum Gasteiger partial charge on any atom is -0.396 e. The van der Waals surface area contributed by atoms with Crippen LogP contribution < -0.4 is 5.73 Å². The molecular weight excluding hydrogens is 198 g/mol. The van der Waals surface area contributed by atoms with Gasteiger partial charge >= 0.3 is 0 Å². The summed E-state index contributed by atoms with van der Waals surface area (Å²) in [6.07, 6.45) is 2.89. The molecule has 0 radical (unpaired) electrons. The predicted molar refractivity (Wildman–Crippen MR) is 66.4 cm³/mol. The molecule has 1 aromatic carbocycles. The van der Waals surface area contributed by atoms with Crippen molar-refractivity contribution in [2.75, 3.05) is 6.61 Å². The van der Waals surface area contributed by atoms with Crippen LogP contribution in [0.3, 0.4) is 0 Å². The molecule has 2 rings (SSSR count). The number of aryl methyl sites for hydroxylation is 1. The van der Waals surface area contributed by atoms with Crippen molar-refractivity contribution in [2.24, 2.45) is 5.73 Å². The first-order chi connectivity index (χ1) is 7.51. The lowest BCUT2D eigenvalue weighted by atomic mass is 9.66. The summed E-state index contributed by atoms with van der Waals surface area (Å²) < 4.78 is 0. The van der Waals surface area contributed by atoms with Crippen LogP contribution in [0.1, 0.15) is 37.8 Å². The van der Waals surface area contributed by atoms with Crippen LogP contribution in [0, 0.1) is 0 Å². The molecule has 1 atom stereocenters. The van der Waals surface area contributed by atoms with E-state index in [1.807, 2.05) is 0 Å². The zero-order valence-corrected chi connectivity index (χ0v) is 10.2. The van der Waals surface area contributed by atoms with Crippen LogP contribution in [0.4, 0.5) is 0 Å². The number of hydrogen-bond acceptors (Lipinski definition) is 2. The van der Waals surface area contributed by atoms with Crippen molar-refractivity contribution in [3.8, 4) is 0 Å². The molecule has 0 amide bonds. The molecular formula is C14H21NO. The average molecular weight is 219 g/mol. The number of fused-ring (bicyclic) bond motifs is 1. The molecule has 0 bridgehead atoms. The minimum atomic E-state index is -0.289. The van der Waals surface area contributed by atoms with Crippen LogP contribution in [0.15, 0.2) is 24.3 Å². The topological polar surface area (TPSA) is 46.2 Å². The van der Waals surface area contributed by atoms with Gasteiger partial charge in [0.2, 0.25) is 0 Å². The summed E-state index contributed by atoms with van der Waals surface area (Å²) >= 11 is 0. The Morgan fingerprint density at radius 1 is 1.38 bits per heavy atom. The van der Waals surface area contributed by atoms with E-state index in [0.29, 0.717) is 0 Å². The Morgan fingerprint density at radius 3 is 2.69 bits per heavy atom. The summed E-state index contributed by atoms with van der Waals surface area (Å²) in [7, 11) is 0. The highest BCUT2D eigenvalue weighted by molar-refractivity contribution is 5.42. The summed E-state index contributed by atoms with van der Waals surface area (Å²) in [5.41, 5.74) is 8.76. The zero-order chi connectivity index (χ0) is 11.8. The molecule has 2 nitrogen and oxygen atoms in total. The zero-order valence-electron chi connectivity index (χ0n) is 10.2. The third-order valence-electron chi connectivity index (χ3n) is 4.13. The Kier molecular flexibility index (Phi) is 2.81. The van der Waals surface area contributed by atoms with Crippen LogP contribution in [0.5, 0.6) is 0 Å². The first kappa shape index (κ1) is 11.6. The quantitative estimate of drug-likeness (QED) is 0.816. The molecule has 0 aromatic heterocycles. The third-order valence-corrected chi connectivity index (χ3v) is 4.13. The SMILES string of the molecule is CC(C)(N)C1(CCO)CCc2ccccc21. The first-order valence-electron chi connectivity index (χ1n) is 5.99. The van der Waals surface area contributed by atoms with Crippen LogP contribution in [-0.2, 0) is 11.8 Å². The molecule has 1 aliphatic rings. The largest absolute Gasteiger partial charge is 0.396 e. The number of aliphatic hydroxyl groups is 1. The highest BCUT2D eigenvalue weighted by Gasteiger charge is 2.47. The Morgan fingerprint density at radius 2 is 2.06 bits per heavy atom. The van der Waals surface area contributed by atoms with E-state index in [9.17, 15) is 5.11 Å². The molecule has 2 heteroatoms. The second kappa shape index (κ2) is 3.86. The van der Waals surface area contributed by atoms with Gasteiger partial charge in [-0.3, -0.25) is 0 Å². The lowest BCUT2D eigenvalue weighted by molar-refractivity contribution is 0.175. The maximum Gasteiger partial charge on any atom is 0.0440 e. The van der Waals surface area contributed by atoms with Crippen molar-refractivity contribution in [2.45, 2.75) is 44.1 Å². The van der Waals surface area contributed by atoms with Crippen molar-refractivity contribution in [3.05, 3.63) is 35.4 Å². The van der Waals surface area contributed by atoms with E-state index < -0.39 is 0 Å². The fourth-order valence-electron chi connectivity index (χ4n) is 3.13. The summed E-state index contributed by atoms with van der Waals surface area (Å²) in [6, 6.07) is 8.51. The Bertz CT molecular complexity index is 377. The Labute approximate surface area is 97.5 Å². The molecule has 1 aromatic rings. The summed E-state index contributed by atoms with van der Waals surface area (Å²) in [5, 5.41) is 9.33. The van der Waals surface area contributed by atoms with E-state index in [4.69, 9.17) is 5.73 Å². The van der Waals surface area contributed by atoms with Gasteiger partial charge in [0, 0.05) is 17.6 Å². The van der Waals surface area contributed by atoms with E-state index in [-0.39, 0.29) is 17.6 Å². The molecule has 3 N–H and O–H groups in total. The maximum atomic E-state index is 9.33. The molecule has 0 heterocycles. The van der Waals surface area contributed by atoms with Crippen LogP contribution in [0.25, 0.3) is 0 Å². The molecule has 1 unspecified atom stereocenters. The van der Waals surface area contributed by atoms with Crippen molar-refractivity contribution in [3.63, 3.8) is 0 Å². The van der Waals surface area contributed by atoms with Crippen molar-refractivity contribution in [1.29, 1.82) is 0 Å². The average Bonchev–Trinajstić information content (AvgIpc) is 2.59. The second-order valence-corrected chi connectivity index (χ2v) is 5.43. The minimum absolute atomic E-state index is 0.0572. The van der Waals surface area contributed by atoms with Gasteiger partial charge in [0.1, 0.15) is 0 Å². The predicted octanol–water partition coefficient (Wildman–Crippen LogP) is 1.99. The summed E-state index contributed by atoms with van der Waals surface area (Å²) in [5.74, 6) is 0. The normalized spacial score (nSPS) is 24.5. The second-order valence-electron chi connectivity index (χ2n) is 5.43. The van der Waals surface area contributed by atoms with Gasteiger partial charge in [-0.25, -0.2) is 0 Å².